The van der Waals surface area contributed by atoms with Crippen LogP contribution >= 0.6 is 12.4 Å². The van der Waals surface area contributed by atoms with E-state index in [-0.39, 0.29) is 18.2 Å². The zero-order chi connectivity index (χ0) is 19.7. The van der Waals surface area contributed by atoms with Crippen LogP contribution in [0.4, 0.5) is 4.39 Å². The molecule has 1 aliphatic carbocycles. The van der Waals surface area contributed by atoms with E-state index in [1.54, 1.807) is 6.07 Å². The smallest absolute Gasteiger partial charge is 0.123 e. The zero-order valence-corrected chi connectivity index (χ0v) is 19.2. The van der Waals surface area contributed by atoms with Gasteiger partial charge in [0, 0.05) is 12.6 Å². The molecule has 1 unspecified atom stereocenters. The van der Waals surface area contributed by atoms with Crippen LogP contribution in [0.15, 0.2) is 24.3 Å². The van der Waals surface area contributed by atoms with Crippen LogP contribution in [0.1, 0.15) is 96.6 Å². The Labute approximate surface area is 178 Å². The third-order valence-corrected chi connectivity index (χ3v) is 6.48. The summed E-state index contributed by atoms with van der Waals surface area (Å²) in [5.41, 5.74) is 4.59. The molecular formula is C25H39ClFN. The minimum absolute atomic E-state index is 0. The Morgan fingerprint density at radius 3 is 2.43 bits per heavy atom. The van der Waals surface area contributed by atoms with Crippen molar-refractivity contribution >= 4 is 18.0 Å². The first-order valence-corrected chi connectivity index (χ1v) is 10.9. The molecule has 1 heterocycles. The van der Waals surface area contributed by atoms with Crippen molar-refractivity contribution in [3.8, 4) is 0 Å². The van der Waals surface area contributed by atoms with Gasteiger partial charge in [-0.05, 0) is 77.7 Å². The number of benzene rings is 1. The first kappa shape index (κ1) is 23.4. The van der Waals surface area contributed by atoms with E-state index in [4.69, 9.17) is 0 Å². The fourth-order valence-electron chi connectivity index (χ4n) is 5.87. The molecule has 0 saturated heterocycles. The molecule has 0 bridgehead atoms. The first-order valence-electron chi connectivity index (χ1n) is 10.9. The molecule has 1 saturated carbocycles. The van der Waals surface area contributed by atoms with Gasteiger partial charge in [0.25, 0.3) is 0 Å². The molecule has 1 N–H and O–H groups in total. The molecule has 0 radical (unpaired) electrons. The molecule has 1 aromatic rings. The van der Waals surface area contributed by atoms with E-state index >= 15 is 0 Å². The fourth-order valence-corrected chi connectivity index (χ4v) is 5.87. The molecule has 1 aliphatic heterocycles. The molecule has 1 aromatic carbocycles. The van der Waals surface area contributed by atoms with Crippen molar-refractivity contribution in [1.82, 2.24) is 5.32 Å². The summed E-state index contributed by atoms with van der Waals surface area (Å²) in [5, 5.41) is 3.64. The van der Waals surface area contributed by atoms with Gasteiger partial charge >= 0.3 is 0 Å². The average Bonchev–Trinajstić information content (AvgIpc) is 2.57. The van der Waals surface area contributed by atoms with Gasteiger partial charge in [-0.1, -0.05) is 59.6 Å². The van der Waals surface area contributed by atoms with Crippen molar-refractivity contribution in [2.75, 3.05) is 6.54 Å². The van der Waals surface area contributed by atoms with Gasteiger partial charge in [0.05, 0.1) is 0 Å². The van der Waals surface area contributed by atoms with Crippen LogP contribution in [0.5, 0.6) is 0 Å². The van der Waals surface area contributed by atoms with Crippen LogP contribution in [-0.4, -0.2) is 12.6 Å². The van der Waals surface area contributed by atoms with Crippen molar-refractivity contribution in [1.29, 1.82) is 0 Å². The highest BCUT2D eigenvalue weighted by atomic mass is 35.5. The summed E-state index contributed by atoms with van der Waals surface area (Å²) >= 11 is 0. The van der Waals surface area contributed by atoms with E-state index in [9.17, 15) is 4.39 Å². The van der Waals surface area contributed by atoms with Crippen molar-refractivity contribution in [3.63, 3.8) is 0 Å². The summed E-state index contributed by atoms with van der Waals surface area (Å²) in [6.45, 7) is 12.7. The minimum atomic E-state index is -0.0907. The lowest BCUT2D eigenvalue weighted by atomic mass is 9.59. The number of unbranched alkanes of at least 4 members (excludes halogenated alkanes) is 1. The molecule has 0 amide bonds. The normalized spacial score (nSPS) is 24.4. The largest absolute Gasteiger partial charge is 0.310 e. The molecule has 3 rings (SSSR count). The average molecular weight is 408 g/mol. The molecule has 1 nitrogen and oxygen atoms in total. The number of rotatable bonds is 5. The third kappa shape index (κ3) is 5.83. The maximum atomic E-state index is 14.3. The quantitative estimate of drug-likeness (QED) is 0.532. The molecular weight excluding hydrogens is 369 g/mol. The van der Waals surface area contributed by atoms with Crippen LogP contribution in [0.2, 0.25) is 0 Å². The van der Waals surface area contributed by atoms with Crippen LogP contribution in [0, 0.1) is 16.6 Å². The van der Waals surface area contributed by atoms with E-state index in [0.29, 0.717) is 22.8 Å². The summed E-state index contributed by atoms with van der Waals surface area (Å²) in [4.78, 5) is 0. The van der Waals surface area contributed by atoms with Gasteiger partial charge < -0.3 is 5.32 Å². The second kappa shape index (κ2) is 9.30. The van der Waals surface area contributed by atoms with Gasteiger partial charge in [-0.25, -0.2) is 4.39 Å². The first-order chi connectivity index (χ1) is 12.7. The predicted molar refractivity (Wildman–Crippen MR) is 122 cm³/mol. The third-order valence-electron chi connectivity index (χ3n) is 6.48. The summed E-state index contributed by atoms with van der Waals surface area (Å²) < 4.78 is 14.3. The monoisotopic (exact) mass is 407 g/mol. The maximum Gasteiger partial charge on any atom is 0.123 e. The second-order valence-corrected chi connectivity index (χ2v) is 10.5. The Kier molecular flexibility index (Phi) is 7.78. The summed E-state index contributed by atoms with van der Waals surface area (Å²) in [5.74, 6) is 0.353. The highest BCUT2D eigenvalue weighted by molar-refractivity contribution is 5.85. The summed E-state index contributed by atoms with van der Waals surface area (Å²) in [6.07, 6.45) is 10.7. The van der Waals surface area contributed by atoms with Gasteiger partial charge in [-0.15, -0.1) is 12.4 Å². The van der Waals surface area contributed by atoms with E-state index < -0.39 is 0 Å². The van der Waals surface area contributed by atoms with E-state index in [0.717, 1.165) is 25.8 Å². The topological polar surface area (TPSA) is 12.0 Å². The fraction of sp³-hybridized carbons (Fsp3) is 0.680. The van der Waals surface area contributed by atoms with Crippen molar-refractivity contribution in [3.05, 3.63) is 41.2 Å². The van der Waals surface area contributed by atoms with Crippen LogP contribution in [-0.2, 0) is 0 Å². The Balaban J connectivity index is 0.00000280. The Morgan fingerprint density at radius 1 is 1.11 bits per heavy atom. The van der Waals surface area contributed by atoms with Gasteiger partial charge in [0.1, 0.15) is 5.82 Å². The summed E-state index contributed by atoms with van der Waals surface area (Å²) in [7, 11) is 0. The molecule has 3 heteroatoms. The zero-order valence-electron chi connectivity index (χ0n) is 18.4. The lowest BCUT2D eigenvalue weighted by Crippen LogP contribution is -2.34. The second-order valence-electron chi connectivity index (χ2n) is 10.5. The van der Waals surface area contributed by atoms with Crippen LogP contribution in [0.25, 0.3) is 5.57 Å². The molecule has 0 aromatic heterocycles. The standard InChI is InChI=1S/C25H38FN.ClH/c1-6-7-8-21-13-18(11-12-27-21)22-10-9-20(26)14-23(22)19-15-24(2,3)17-25(4,5)16-19;/h9-11,14,19,21,27H,6-8,12-13,15-17H2,1-5H3;1H. The Morgan fingerprint density at radius 2 is 1.79 bits per heavy atom. The maximum absolute atomic E-state index is 14.3. The van der Waals surface area contributed by atoms with Crippen molar-refractivity contribution in [2.45, 2.75) is 91.5 Å². The summed E-state index contributed by atoms with van der Waals surface area (Å²) in [6, 6.07) is 6.10. The lowest BCUT2D eigenvalue weighted by Gasteiger charge is -2.45. The Hall–Kier alpha value is -0.860. The van der Waals surface area contributed by atoms with Crippen molar-refractivity contribution < 1.29 is 4.39 Å². The predicted octanol–water partition coefficient (Wildman–Crippen LogP) is 7.50. The molecule has 2 aliphatic rings. The van der Waals surface area contributed by atoms with Gasteiger partial charge in [0.2, 0.25) is 0 Å². The Bertz CT molecular complexity index is 676. The lowest BCUT2D eigenvalue weighted by molar-refractivity contribution is 0.0967. The van der Waals surface area contributed by atoms with E-state index in [1.807, 2.05) is 12.1 Å². The van der Waals surface area contributed by atoms with Crippen LogP contribution < -0.4 is 5.32 Å². The molecule has 0 spiro atoms. The van der Waals surface area contributed by atoms with E-state index in [1.165, 1.54) is 42.4 Å². The molecule has 1 atom stereocenters. The number of hydrogen-bond acceptors (Lipinski definition) is 1. The SMILES string of the molecule is CCCCC1CC(c2ccc(F)cc2C2CC(C)(C)CC(C)(C)C2)=CCN1.Cl. The van der Waals surface area contributed by atoms with E-state index in [2.05, 4.69) is 46.0 Å². The van der Waals surface area contributed by atoms with Gasteiger partial charge in [-0.3, -0.25) is 0 Å². The highest BCUT2D eigenvalue weighted by Gasteiger charge is 2.39. The minimum Gasteiger partial charge on any atom is -0.310 e. The highest BCUT2D eigenvalue weighted by Crippen LogP contribution is 2.52. The molecule has 158 valence electrons. The van der Waals surface area contributed by atoms with Gasteiger partial charge in [0.15, 0.2) is 0 Å². The number of hydrogen-bond donors (Lipinski definition) is 1. The van der Waals surface area contributed by atoms with Crippen molar-refractivity contribution in [2.24, 2.45) is 10.8 Å². The van der Waals surface area contributed by atoms with Gasteiger partial charge in [-0.2, -0.15) is 0 Å². The molecule has 1 fully saturated rings. The number of halogens is 2. The molecule has 28 heavy (non-hydrogen) atoms. The number of nitrogens with one attached hydrogen (secondary N) is 1. The van der Waals surface area contributed by atoms with Crippen LogP contribution in [0.3, 0.4) is 0 Å².